The van der Waals surface area contributed by atoms with E-state index in [1.807, 2.05) is 6.92 Å². The topological polar surface area (TPSA) is 99.2 Å². The van der Waals surface area contributed by atoms with Crippen LogP contribution in [-0.4, -0.2) is 33.8 Å². The van der Waals surface area contributed by atoms with Gasteiger partial charge in [0.15, 0.2) is 5.82 Å². The lowest BCUT2D eigenvalue weighted by Gasteiger charge is -2.34. The number of carbonyl (C=O) groups excluding carboxylic acids is 1. The highest BCUT2D eigenvalue weighted by molar-refractivity contribution is 5.94. The first kappa shape index (κ1) is 16.4. The van der Waals surface area contributed by atoms with Crippen molar-refractivity contribution >= 4 is 5.91 Å². The van der Waals surface area contributed by atoms with Crippen LogP contribution in [0.15, 0.2) is 27.6 Å². The zero-order valence-electron chi connectivity index (χ0n) is 13.7. The molecule has 0 aromatic carbocycles. The molecule has 2 aromatic rings. The lowest BCUT2D eigenvalue weighted by Crippen LogP contribution is -2.50. The molecule has 3 heterocycles. The van der Waals surface area contributed by atoms with Crippen LogP contribution in [-0.2, 0) is 23.7 Å². The Kier molecular flexibility index (Phi) is 4.48. The molecular formula is C16H20N4O4. The first-order valence-electron chi connectivity index (χ1n) is 7.95. The quantitative estimate of drug-likeness (QED) is 0.888. The summed E-state index contributed by atoms with van der Waals surface area (Å²) in [5, 5.41) is 6.86. The Morgan fingerprint density at radius 2 is 2.17 bits per heavy atom. The summed E-state index contributed by atoms with van der Waals surface area (Å²) in [4.78, 5) is 29.2. The minimum atomic E-state index is -0.809. The van der Waals surface area contributed by atoms with Crippen molar-refractivity contribution in [1.82, 2.24) is 20.0 Å². The van der Waals surface area contributed by atoms with Gasteiger partial charge in [-0.25, -0.2) is 0 Å². The van der Waals surface area contributed by atoms with E-state index in [4.69, 9.17) is 9.26 Å². The minimum Gasteiger partial charge on any atom is -0.381 e. The van der Waals surface area contributed by atoms with Crippen molar-refractivity contribution in [3.05, 3.63) is 46.0 Å². The van der Waals surface area contributed by atoms with Gasteiger partial charge in [-0.3, -0.25) is 9.59 Å². The van der Waals surface area contributed by atoms with Gasteiger partial charge >= 0.3 is 0 Å². The summed E-state index contributed by atoms with van der Waals surface area (Å²) in [5.74, 6) is 0.499. The van der Waals surface area contributed by atoms with Gasteiger partial charge in [-0.05, 0) is 12.1 Å². The predicted molar refractivity (Wildman–Crippen MR) is 84.6 cm³/mol. The molecule has 0 unspecified atom stereocenters. The molecule has 0 bridgehead atoms. The van der Waals surface area contributed by atoms with Crippen LogP contribution in [0.1, 0.15) is 41.8 Å². The smallest absolute Gasteiger partial charge is 0.263 e. The molecule has 0 atom stereocenters. The second-order valence-electron chi connectivity index (χ2n) is 5.86. The van der Waals surface area contributed by atoms with Crippen LogP contribution in [0.2, 0.25) is 0 Å². The number of nitrogens with zero attached hydrogens (tertiary/aromatic N) is 3. The zero-order valence-corrected chi connectivity index (χ0v) is 13.7. The maximum Gasteiger partial charge on any atom is 0.263 e. The molecule has 0 radical (unpaired) electrons. The first-order valence-corrected chi connectivity index (χ1v) is 7.95. The molecule has 1 fully saturated rings. The third-order valence-electron chi connectivity index (χ3n) is 4.26. The lowest BCUT2D eigenvalue weighted by molar-refractivity contribution is 0.0221. The second kappa shape index (κ2) is 6.56. The standard InChI is InChI=1S/C16H20N4O4/c1-3-12-17-15(24-19-12)16(6-9-23-10-7-16)18-13(21)11-5-4-8-20(2)14(11)22/h4-5,8H,3,6-7,9-10H2,1-2H3,(H,18,21). The van der Waals surface area contributed by atoms with Crippen molar-refractivity contribution < 1.29 is 14.1 Å². The molecule has 2 aromatic heterocycles. The summed E-state index contributed by atoms with van der Waals surface area (Å²) in [6.45, 7) is 2.87. The minimum absolute atomic E-state index is 0.0843. The highest BCUT2D eigenvalue weighted by Gasteiger charge is 2.41. The Morgan fingerprint density at radius 3 is 2.83 bits per heavy atom. The van der Waals surface area contributed by atoms with E-state index in [1.54, 1.807) is 19.3 Å². The Hall–Kier alpha value is -2.48. The van der Waals surface area contributed by atoms with E-state index in [-0.39, 0.29) is 11.1 Å². The first-order chi connectivity index (χ1) is 11.6. The van der Waals surface area contributed by atoms with Gasteiger partial charge < -0.3 is 19.1 Å². The number of rotatable bonds is 4. The Bertz CT molecular complexity index is 789. The zero-order chi connectivity index (χ0) is 17.2. The van der Waals surface area contributed by atoms with Crippen molar-refractivity contribution in [2.45, 2.75) is 31.7 Å². The van der Waals surface area contributed by atoms with Crippen molar-refractivity contribution in [3.63, 3.8) is 0 Å². The molecular weight excluding hydrogens is 312 g/mol. The van der Waals surface area contributed by atoms with Gasteiger partial charge in [0.1, 0.15) is 11.1 Å². The number of nitrogens with one attached hydrogen (secondary N) is 1. The van der Waals surface area contributed by atoms with Gasteiger partial charge in [-0.2, -0.15) is 4.98 Å². The highest BCUT2D eigenvalue weighted by atomic mass is 16.5. The van der Waals surface area contributed by atoms with Crippen molar-refractivity contribution in [2.24, 2.45) is 7.05 Å². The molecule has 1 aliphatic rings. The van der Waals surface area contributed by atoms with Crippen LogP contribution in [0.25, 0.3) is 0 Å². The molecule has 3 rings (SSSR count). The molecule has 1 saturated heterocycles. The van der Waals surface area contributed by atoms with Gasteiger partial charge in [-0.15, -0.1) is 0 Å². The summed E-state index contributed by atoms with van der Waals surface area (Å²) in [5.41, 5.74) is -1.07. The normalized spacial score (nSPS) is 16.8. The lowest BCUT2D eigenvalue weighted by atomic mass is 9.89. The average molecular weight is 332 g/mol. The van der Waals surface area contributed by atoms with Gasteiger partial charge in [0, 0.05) is 45.7 Å². The summed E-state index contributed by atoms with van der Waals surface area (Å²) in [6.07, 6.45) is 3.27. The van der Waals surface area contributed by atoms with E-state index in [0.29, 0.717) is 44.2 Å². The average Bonchev–Trinajstić information content (AvgIpc) is 3.08. The summed E-state index contributed by atoms with van der Waals surface area (Å²) in [7, 11) is 1.61. The van der Waals surface area contributed by atoms with E-state index < -0.39 is 11.4 Å². The van der Waals surface area contributed by atoms with Crippen LogP contribution in [0, 0.1) is 0 Å². The maximum absolute atomic E-state index is 12.7. The third-order valence-corrected chi connectivity index (χ3v) is 4.26. The Labute approximate surface area is 138 Å². The van der Waals surface area contributed by atoms with Crippen LogP contribution in [0.5, 0.6) is 0 Å². The van der Waals surface area contributed by atoms with Crippen molar-refractivity contribution in [3.8, 4) is 0 Å². The van der Waals surface area contributed by atoms with Gasteiger partial charge in [0.2, 0.25) is 0 Å². The molecule has 1 aliphatic heterocycles. The number of aromatic nitrogens is 3. The molecule has 0 spiro atoms. The van der Waals surface area contributed by atoms with E-state index in [0.717, 1.165) is 0 Å². The molecule has 1 amide bonds. The molecule has 128 valence electrons. The Balaban J connectivity index is 1.93. The van der Waals surface area contributed by atoms with Crippen LogP contribution in [0.4, 0.5) is 0 Å². The monoisotopic (exact) mass is 332 g/mol. The molecule has 24 heavy (non-hydrogen) atoms. The van der Waals surface area contributed by atoms with E-state index in [2.05, 4.69) is 15.5 Å². The van der Waals surface area contributed by atoms with Gasteiger partial charge in [0.25, 0.3) is 17.4 Å². The largest absolute Gasteiger partial charge is 0.381 e. The summed E-state index contributed by atoms with van der Waals surface area (Å²) >= 11 is 0. The molecule has 0 saturated carbocycles. The molecule has 0 aliphatic carbocycles. The third kappa shape index (κ3) is 2.96. The molecule has 8 heteroatoms. The fourth-order valence-electron chi connectivity index (χ4n) is 2.76. The van der Waals surface area contributed by atoms with Crippen molar-refractivity contribution in [2.75, 3.05) is 13.2 Å². The number of amides is 1. The highest BCUT2D eigenvalue weighted by Crippen LogP contribution is 2.31. The predicted octanol–water partition coefficient (Wildman–Crippen LogP) is 0.766. The van der Waals surface area contributed by atoms with E-state index in [1.165, 1.54) is 10.6 Å². The van der Waals surface area contributed by atoms with Crippen LogP contribution >= 0.6 is 0 Å². The number of carbonyl (C=O) groups is 1. The SMILES string of the molecule is CCc1noc(C2(NC(=O)c3cccn(C)c3=O)CCOCC2)n1. The molecule has 1 N–H and O–H groups in total. The molecule has 8 nitrogen and oxygen atoms in total. The van der Waals surface area contributed by atoms with Gasteiger partial charge in [-0.1, -0.05) is 12.1 Å². The number of ether oxygens (including phenoxy) is 1. The van der Waals surface area contributed by atoms with E-state index >= 15 is 0 Å². The second-order valence-corrected chi connectivity index (χ2v) is 5.86. The summed E-state index contributed by atoms with van der Waals surface area (Å²) in [6, 6.07) is 3.17. The Morgan fingerprint density at radius 1 is 1.42 bits per heavy atom. The number of pyridine rings is 1. The van der Waals surface area contributed by atoms with Crippen LogP contribution < -0.4 is 10.9 Å². The van der Waals surface area contributed by atoms with Crippen molar-refractivity contribution in [1.29, 1.82) is 0 Å². The number of hydrogen-bond donors (Lipinski definition) is 1. The number of hydrogen-bond acceptors (Lipinski definition) is 6. The van der Waals surface area contributed by atoms with E-state index in [9.17, 15) is 9.59 Å². The summed E-state index contributed by atoms with van der Waals surface area (Å²) < 4.78 is 12.1. The maximum atomic E-state index is 12.7. The fourth-order valence-corrected chi connectivity index (χ4v) is 2.76. The number of aryl methyl sites for hydroxylation is 2. The van der Waals surface area contributed by atoms with Gasteiger partial charge in [0.05, 0.1) is 0 Å². The fraction of sp³-hybridized carbons (Fsp3) is 0.500. The van der Waals surface area contributed by atoms with Crippen LogP contribution in [0.3, 0.4) is 0 Å².